The largest absolute Gasteiger partial charge is 0.493 e. The highest BCUT2D eigenvalue weighted by atomic mass is 16.6. The average Bonchev–Trinajstić information content (AvgIpc) is 3.56. The number of amides is 1. The SMILES string of the molecule is COc1cc(C(=O)N(Cc2ccc(C)cc2)C2CC2)c([N+](=O)[O-])c(OC)c1OC. The minimum absolute atomic E-state index is 0.0579. The fraction of sp³-hybridized carbons (Fsp3) is 0.381. The third-order valence-electron chi connectivity index (χ3n) is 4.94. The van der Waals surface area contributed by atoms with Crippen molar-refractivity contribution in [3.63, 3.8) is 0 Å². The van der Waals surface area contributed by atoms with Crippen LogP contribution in [-0.4, -0.2) is 43.1 Å². The van der Waals surface area contributed by atoms with Gasteiger partial charge in [0.15, 0.2) is 5.75 Å². The molecule has 1 aliphatic carbocycles. The van der Waals surface area contributed by atoms with Crippen LogP contribution >= 0.6 is 0 Å². The van der Waals surface area contributed by atoms with Crippen LogP contribution < -0.4 is 14.2 Å². The first kappa shape index (κ1) is 20.4. The molecule has 1 fully saturated rings. The van der Waals surface area contributed by atoms with E-state index in [9.17, 15) is 14.9 Å². The summed E-state index contributed by atoms with van der Waals surface area (Å²) < 4.78 is 15.8. The summed E-state index contributed by atoms with van der Waals surface area (Å²) >= 11 is 0. The molecule has 8 heteroatoms. The van der Waals surface area contributed by atoms with E-state index in [1.165, 1.54) is 27.4 Å². The molecule has 3 rings (SSSR count). The standard InChI is InChI=1S/C21H24N2O6/c1-13-5-7-14(8-6-13)12-22(15-9-10-15)21(24)16-11-17(27-2)19(28-3)20(29-4)18(16)23(25)26/h5-8,11,15H,9-10,12H2,1-4H3. The smallest absolute Gasteiger partial charge is 0.327 e. The van der Waals surface area contributed by atoms with Crippen molar-refractivity contribution in [2.45, 2.75) is 32.4 Å². The molecule has 1 amide bonds. The minimum Gasteiger partial charge on any atom is -0.493 e. The molecule has 0 N–H and O–H groups in total. The van der Waals surface area contributed by atoms with E-state index in [0.29, 0.717) is 6.54 Å². The van der Waals surface area contributed by atoms with E-state index in [4.69, 9.17) is 14.2 Å². The van der Waals surface area contributed by atoms with Gasteiger partial charge in [-0.25, -0.2) is 0 Å². The van der Waals surface area contributed by atoms with Gasteiger partial charge in [-0.15, -0.1) is 0 Å². The molecule has 0 atom stereocenters. The summed E-state index contributed by atoms with van der Waals surface area (Å²) in [6.45, 7) is 2.37. The van der Waals surface area contributed by atoms with E-state index < -0.39 is 16.5 Å². The number of carbonyl (C=O) groups is 1. The number of hydrogen-bond donors (Lipinski definition) is 0. The lowest BCUT2D eigenvalue weighted by molar-refractivity contribution is -0.386. The second-order valence-corrected chi connectivity index (χ2v) is 6.95. The van der Waals surface area contributed by atoms with E-state index >= 15 is 0 Å². The molecule has 0 radical (unpaired) electrons. The summed E-state index contributed by atoms with van der Waals surface area (Å²) in [5.41, 5.74) is 1.58. The highest BCUT2D eigenvalue weighted by molar-refractivity contribution is 6.01. The lowest BCUT2D eigenvalue weighted by atomic mass is 10.1. The van der Waals surface area contributed by atoms with Crippen LogP contribution in [0.1, 0.15) is 34.3 Å². The fourth-order valence-corrected chi connectivity index (χ4v) is 3.28. The van der Waals surface area contributed by atoms with Gasteiger partial charge >= 0.3 is 5.69 Å². The van der Waals surface area contributed by atoms with E-state index in [1.54, 1.807) is 4.90 Å². The summed E-state index contributed by atoms with van der Waals surface area (Å²) in [5, 5.41) is 11.8. The first-order chi connectivity index (χ1) is 13.9. The summed E-state index contributed by atoms with van der Waals surface area (Å²) in [6, 6.07) is 9.29. The van der Waals surface area contributed by atoms with Crippen molar-refractivity contribution in [2.24, 2.45) is 0 Å². The Morgan fingerprint density at radius 2 is 1.72 bits per heavy atom. The van der Waals surface area contributed by atoms with E-state index in [-0.39, 0.29) is 28.9 Å². The van der Waals surface area contributed by atoms with Gasteiger partial charge in [0, 0.05) is 18.7 Å². The van der Waals surface area contributed by atoms with Crippen molar-refractivity contribution in [1.82, 2.24) is 4.90 Å². The van der Waals surface area contributed by atoms with Gasteiger partial charge in [0.1, 0.15) is 5.56 Å². The molecule has 29 heavy (non-hydrogen) atoms. The second-order valence-electron chi connectivity index (χ2n) is 6.95. The molecular formula is C21H24N2O6. The highest BCUT2D eigenvalue weighted by Crippen LogP contribution is 2.47. The van der Waals surface area contributed by atoms with E-state index in [1.807, 2.05) is 31.2 Å². The van der Waals surface area contributed by atoms with E-state index in [2.05, 4.69) is 0 Å². The van der Waals surface area contributed by atoms with Crippen molar-refractivity contribution in [3.8, 4) is 17.2 Å². The van der Waals surface area contributed by atoms with Gasteiger partial charge in [0.25, 0.3) is 5.91 Å². The van der Waals surface area contributed by atoms with Crippen molar-refractivity contribution >= 4 is 11.6 Å². The first-order valence-electron chi connectivity index (χ1n) is 9.25. The molecule has 2 aromatic rings. The number of methoxy groups -OCH3 is 3. The number of aryl methyl sites for hydroxylation is 1. The number of hydrogen-bond acceptors (Lipinski definition) is 6. The van der Waals surface area contributed by atoms with Crippen molar-refractivity contribution < 1.29 is 23.9 Å². The van der Waals surface area contributed by atoms with Crippen LogP contribution in [0.2, 0.25) is 0 Å². The Bertz CT molecular complexity index is 922. The van der Waals surface area contributed by atoms with Gasteiger partial charge in [-0.05, 0) is 25.3 Å². The molecule has 0 unspecified atom stereocenters. The summed E-state index contributed by atoms with van der Waals surface area (Å²) in [7, 11) is 4.06. The molecule has 154 valence electrons. The zero-order chi connectivity index (χ0) is 21.1. The Morgan fingerprint density at radius 1 is 1.10 bits per heavy atom. The normalized spacial score (nSPS) is 13.0. The quantitative estimate of drug-likeness (QED) is 0.495. The molecule has 0 spiro atoms. The second kappa shape index (κ2) is 8.38. The third kappa shape index (κ3) is 4.11. The van der Waals surface area contributed by atoms with Crippen molar-refractivity contribution in [2.75, 3.05) is 21.3 Å². The Balaban J connectivity index is 2.07. The lowest BCUT2D eigenvalue weighted by Gasteiger charge is -2.24. The molecule has 1 saturated carbocycles. The van der Waals surface area contributed by atoms with Gasteiger partial charge in [0.2, 0.25) is 11.5 Å². The van der Waals surface area contributed by atoms with Crippen LogP contribution in [0.15, 0.2) is 30.3 Å². The summed E-state index contributed by atoms with van der Waals surface area (Å²) in [5.74, 6) is -0.288. The number of nitro benzene ring substituents is 1. The van der Waals surface area contributed by atoms with Gasteiger partial charge in [-0.3, -0.25) is 14.9 Å². The lowest BCUT2D eigenvalue weighted by Crippen LogP contribution is -2.33. The Labute approximate surface area is 169 Å². The molecule has 0 heterocycles. The summed E-state index contributed by atoms with van der Waals surface area (Å²) in [6.07, 6.45) is 1.74. The van der Waals surface area contributed by atoms with Crippen LogP contribution in [0.4, 0.5) is 5.69 Å². The average molecular weight is 400 g/mol. The monoisotopic (exact) mass is 400 g/mol. The Hall–Kier alpha value is -3.29. The molecule has 0 bridgehead atoms. The van der Waals surface area contributed by atoms with Crippen molar-refractivity contribution in [1.29, 1.82) is 0 Å². The van der Waals surface area contributed by atoms with Gasteiger partial charge < -0.3 is 19.1 Å². The highest BCUT2D eigenvalue weighted by Gasteiger charge is 2.39. The number of nitro groups is 1. The van der Waals surface area contributed by atoms with Gasteiger partial charge in [-0.2, -0.15) is 0 Å². The molecule has 0 aliphatic heterocycles. The summed E-state index contributed by atoms with van der Waals surface area (Å²) in [4.78, 5) is 26.3. The van der Waals surface area contributed by atoms with Gasteiger partial charge in [0.05, 0.1) is 26.3 Å². The topological polar surface area (TPSA) is 91.1 Å². The molecule has 0 aromatic heterocycles. The van der Waals surface area contributed by atoms with Gasteiger partial charge in [-0.1, -0.05) is 29.8 Å². The predicted octanol–water partition coefficient (Wildman–Crippen LogP) is 3.73. The van der Waals surface area contributed by atoms with Crippen LogP contribution in [0, 0.1) is 17.0 Å². The number of carbonyl (C=O) groups excluding carboxylic acids is 1. The molecule has 1 aliphatic rings. The maximum Gasteiger partial charge on any atom is 0.327 e. The van der Waals surface area contributed by atoms with Crippen LogP contribution in [0.5, 0.6) is 17.2 Å². The van der Waals surface area contributed by atoms with Crippen molar-refractivity contribution in [3.05, 3.63) is 57.1 Å². The zero-order valence-electron chi connectivity index (χ0n) is 16.9. The maximum atomic E-state index is 13.4. The molecular weight excluding hydrogens is 376 g/mol. The molecule has 2 aromatic carbocycles. The zero-order valence-corrected chi connectivity index (χ0v) is 16.9. The maximum absolute atomic E-state index is 13.4. The number of nitrogens with zero attached hydrogens (tertiary/aromatic N) is 2. The number of ether oxygens (including phenoxy) is 3. The molecule has 8 nitrogen and oxygen atoms in total. The van der Waals surface area contributed by atoms with Crippen LogP contribution in [-0.2, 0) is 6.54 Å². The first-order valence-corrected chi connectivity index (χ1v) is 9.25. The van der Waals surface area contributed by atoms with Crippen LogP contribution in [0.3, 0.4) is 0 Å². The minimum atomic E-state index is -0.620. The predicted molar refractivity (Wildman–Crippen MR) is 107 cm³/mol. The number of benzene rings is 2. The fourth-order valence-electron chi connectivity index (χ4n) is 3.28. The Morgan fingerprint density at radius 3 is 2.21 bits per heavy atom. The number of rotatable bonds is 8. The molecule has 0 saturated heterocycles. The Kier molecular flexibility index (Phi) is 5.91. The third-order valence-corrected chi connectivity index (χ3v) is 4.94. The van der Waals surface area contributed by atoms with Crippen LogP contribution in [0.25, 0.3) is 0 Å². The van der Waals surface area contributed by atoms with E-state index in [0.717, 1.165) is 24.0 Å².